The molecule has 3 N–H and O–H groups in total. The summed E-state index contributed by atoms with van der Waals surface area (Å²) in [6.45, 7) is 3.88. The second kappa shape index (κ2) is 4.89. The number of phenolic OH excluding ortho intramolecular Hbond substituents is 1. The van der Waals surface area contributed by atoms with Gasteiger partial charge in [-0.25, -0.2) is 0 Å². The molecule has 1 aromatic heterocycles. The summed E-state index contributed by atoms with van der Waals surface area (Å²) < 4.78 is 10.6. The van der Waals surface area contributed by atoms with Gasteiger partial charge in [0.25, 0.3) is 5.89 Å². The van der Waals surface area contributed by atoms with E-state index in [0.29, 0.717) is 17.3 Å². The van der Waals surface area contributed by atoms with Gasteiger partial charge >= 0.3 is 0 Å². The molecule has 19 heavy (non-hydrogen) atoms. The van der Waals surface area contributed by atoms with Gasteiger partial charge in [0.15, 0.2) is 0 Å². The maximum atomic E-state index is 9.39. The van der Waals surface area contributed by atoms with Crippen LogP contribution in [0.25, 0.3) is 11.5 Å². The molecule has 0 radical (unpaired) electrons. The third kappa shape index (κ3) is 2.39. The van der Waals surface area contributed by atoms with E-state index in [4.69, 9.17) is 15.0 Å². The Hall–Kier alpha value is -2.08. The summed E-state index contributed by atoms with van der Waals surface area (Å²) in [5, 5.41) is 13.3. The van der Waals surface area contributed by atoms with Crippen LogP contribution in [0.15, 0.2) is 22.7 Å². The van der Waals surface area contributed by atoms with Crippen molar-refractivity contribution < 1.29 is 14.4 Å². The topological polar surface area (TPSA) is 94.4 Å². The first-order valence-corrected chi connectivity index (χ1v) is 5.98. The number of rotatable bonds is 4. The van der Waals surface area contributed by atoms with Gasteiger partial charge in [0.2, 0.25) is 5.82 Å². The number of anilines is 1. The van der Waals surface area contributed by atoms with E-state index in [1.165, 1.54) is 6.07 Å². The minimum atomic E-state index is -0.579. The summed E-state index contributed by atoms with van der Waals surface area (Å²) in [7, 11) is 1.61. The van der Waals surface area contributed by atoms with Gasteiger partial charge in [0.1, 0.15) is 11.4 Å². The molecular formula is C13H17N3O3. The molecule has 0 aliphatic rings. The first kappa shape index (κ1) is 13.4. The van der Waals surface area contributed by atoms with E-state index in [1.54, 1.807) is 19.2 Å². The number of ether oxygens (including phenoxy) is 1. The summed E-state index contributed by atoms with van der Waals surface area (Å²) in [5.41, 5.74) is 5.98. The van der Waals surface area contributed by atoms with Crippen molar-refractivity contribution in [1.29, 1.82) is 0 Å². The van der Waals surface area contributed by atoms with Crippen LogP contribution in [-0.4, -0.2) is 22.4 Å². The van der Waals surface area contributed by atoms with Crippen LogP contribution >= 0.6 is 0 Å². The number of aromatic hydroxyl groups is 1. The molecule has 6 nitrogen and oxygen atoms in total. The molecule has 0 saturated heterocycles. The number of methoxy groups -OCH3 is 1. The molecule has 1 heterocycles. The molecule has 2 aromatic rings. The highest BCUT2D eigenvalue weighted by atomic mass is 16.5. The number of benzene rings is 1. The highest BCUT2D eigenvalue weighted by Crippen LogP contribution is 2.30. The maximum Gasteiger partial charge on any atom is 0.258 e. The number of nitrogens with zero attached hydrogens (tertiary/aromatic N) is 2. The van der Waals surface area contributed by atoms with E-state index in [0.717, 1.165) is 6.42 Å². The SMILES string of the molecule is CCC(C)(OC)c1noc(-c2ccc(O)c(N)c2)n1. The predicted molar refractivity (Wildman–Crippen MR) is 70.5 cm³/mol. The fourth-order valence-corrected chi connectivity index (χ4v) is 1.64. The second-order valence-electron chi connectivity index (χ2n) is 4.49. The molecule has 2 rings (SSSR count). The number of hydrogen-bond acceptors (Lipinski definition) is 6. The number of phenols is 1. The van der Waals surface area contributed by atoms with Crippen molar-refractivity contribution in [1.82, 2.24) is 10.1 Å². The summed E-state index contributed by atoms with van der Waals surface area (Å²) in [5.74, 6) is 0.858. The van der Waals surface area contributed by atoms with Crippen molar-refractivity contribution in [3.05, 3.63) is 24.0 Å². The number of nitrogen functional groups attached to an aromatic ring is 1. The third-order valence-electron chi connectivity index (χ3n) is 3.30. The zero-order valence-corrected chi connectivity index (χ0v) is 11.2. The van der Waals surface area contributed by atoms with Gasteiger partial charge in [-0.05, 0) is 31.5 Å². The van der Waals surface area contributed by atoms with Crippen molar-refractivity contribution in [3.8, 4) is 17.2 Å². The van der Waals surface area contributed by atoms with Gasteiger partial charge in [-0.1, -0.05) is 12.1 Å². The van der Waals surface area contributed by atoms with Crippen LogP contribution in [0.2, 0.25) is 0 Å². The van der Waals surface area contributed by atoms with E-state index in [1.807, 2.05) is 13.8 Å². The Morgan fingerprint density at radius 3 is 2.79 bits per heavy atom. The summed E-state index contributed by atoms with van der Waals surface area (Å²) in [4.78, 5) is 4.33. The van der Waals surface area contributed by atoms with Crippen molar-refractivity contribution >= 4 is 5.69 Å². The third-order valence-corrected chi connectivity index (χ3v) is 3.30. The van der Waals surface area contributed by atoms with Crippen LogP contribution in [0.3, 0.4) is 0 Å². The molecule has 0 amide bonds. The molecule has 102 valence electrons. The van der Waals surface area contributed by atoms with E-state index in [2.05, 4.69) is 10.1 Å². The molecule has 0 aliphatic carbocycles. The van der Waals surface area contributed by atoms with Crippen LogP contribution in [-0.2, 0) is 10.3 Å². The number of nitrogens with two attached hydrogens (primary N) is 1. The molecule has 0 spiro atoms. The van der Waals surface area contributed by atoms with Crippen molar-refractivity contribution in [3.63, 3.8) is 0 Å². The molecule has 0 saturated carbocycles. The van der Waals surface area contributed by atoms with Crippen LogP contribution in [0.4, 0.5) is 5.69 Å². The van der Waals surface area contributed by atoms with Crippen LogP contribution in [0.5, 0.6) is 5.75 Å². The Morgan fingerprint density at radius 2 is 2.21 bits per heavy atom. The monoisotopic (exact) mass is 263 g/mol. The number of hydrogen-bond donors (Lipinski definition) is 2. The van der Waals surface area contributed by atoms with E-state index in [-0.39, 0.29) is 11.4 Å². The maximum absolute atomic E-state index is 9.39. The molecule has 1 atom stereocenters. The molecule has 1 aromatic carbocycles. The Morgan fingerprint density at radius 1 is 1.47 bits per heavy atom. The van der Waals surface area contributed by atoms with Crippen LogP contribution < -0.4 is 5.73 Å². The average Bonchev–Trinajstić information content (AvgIpc) is 2.91. The minimum Gasteiger partial charge on any atom is -0.506 e. The first-order valence-electron chi connectivity index (χ1n) is 5.98. The molecule has 0 fully saturated rings. The van der Waals surface area contributed by atoms with Gasteiger partial charge in [0, 0.05) is 12.7 Å². The Labute approximate surface area is 111 Å². The van der Waals surface area contributed by atoms with E-state index < -0.39 is 5.60 Å². The molecule has 6 heteroatoms. The molecule has 0 bridgehead atoms. The van der Waals surface area contributed by atoms with Gasteiger partial charge < -0.3 is 20.1 Å². The van der Waals surface area contributed by atoms with Crippen LogP contribution in [0.1, 0.15) is 26.1 Å². The lowest BCUT2D eigenvalue weighted by molar-refractivity contribution is -0.0106. The zero-order valence-electron chi connectivity index (χ0n) is 11.2. The van der Waals surface area contributed by atoms with E-state index in [9.17, 15) is 5.11 Å². The Bertz CT molecular complexity index is 576. The van der Waals surface area contributed by atoms with Gasteiger partial charge in [0.05, 0.1) is 5.69 Å². The summed E-state index contributed by atoms with van der Waals surface area (Å²) in [6.07, 6.45) is 0.722. The first-order chi connectivity index (χ1) is 9.00. The standard InChI is InChI=1S/C13H17N3O3/c1-4-13(2,18-3)12-15-11(19-16-12)8-5-6-10(17)9(14)7-8/h5-7,17H,4,14H2,1-3H3. The fraction of sp³-hybridized carbons (Fsp3) is 0.385. The van der Waals surface area contributed by atoms with Crippen molar-refractivity contribution in [2.24, 2.45) is 0 Å². The Balaban J connectivity index is 2.38. The normalized spacial score (nSPS) is 14.3. The lowest BCUT2D eigenvalue weighted by Crippen LogP contribution is -2.24. The molecule has 1 unspecified atom stereocenters. The van der Waals surface area contributed by atoms with Crippen molar-refractivity contribution in [2.45, 2.75) is 25.9 Å². The predicted octanol–water partition coefficient (Wildman–Crippen LogP) is 2.30. The minimum absolute atomic E-state index is 0.0266. The highest BCUT2D eigenvalue weighted by Gasteiger charge is 2.30. The molecular weight excluding hydrogens is 246 g/mol. The second-order valence-corrected chi connectivity index (χ2v) is 4.49. The quantitative estimate of drug-likeness (QED) is 0.649. The van der Waals surface area contributed by atoms with Crippen molar-refractivity contribution in [2.75, 3.05) is 12.8 Å². The molecule has 0 aliphatic heterocycles. The lowest BCUT2D eigenvalue weighted by atomic mass is 10.0. The summed E-state index contributed by atoms with van der Waals surface area (Å²) >= 11 is 0. The lowest BCUT2D eigenvalue weighted by Gasteiger charge is -2.21. The zero-order chi connectivity index (χ0) is 14.0. The fourth-order valence-electron chi connectivity index (χ4n) is 1.64. The Kier molecular flexibility index (Phi) is 3.44. The van der Waals surface area contributed by atoms with E-state index >= 15 is 0 Å². The summed E-state index contributed by atoms with van der Waals surface area (Å²) in [6, 6.07) is 4.74. The van der Waals surface area contributed by atoms with Gasteiger partial charge in [-0.3, -0.25) is 0 Å². The van der Waals surface area contributed by atoms with Crippen LogP contribution in [0, 0.1) is 0 Å². The number of aromatic nitrogens is 2. The highest BCUT2D eigenvalue weighted by molar-refractivity contribution is 5.64. The largest absolute Gasteiger partial charge is 0.506 e. The average molecular weight is 263 g/mol. The van der Waals surface area contributed by atoms with Gasteiger partial charge in [-0.2, -0.15) is 4.98 Å². The van der Waals surface area contributed by atoms with Gasteiger partial charge in [-0.15, -0.1) is 0 Å². The smallest absolute Gasteiger partial charge is 0.258 e.